The molecule has 0 aliphatic carbocycles. The van der Waals surface area contributed by atoms with Crippen molar-refractivity contribution in [3.05, 3.63) is 202 Å². The SMILES string of the molecule is CC(C)c1cc(C(c2ccccc2)c2ccccc2)cc(C(c2ccccc2)c2ccccc2)c1N=Cc1ccccn1. The maximum Gasteiger partial charge on any atom is 0.0812 e. The lowest BCUT2D eigenvalue weighted by molar-refractivity contribution is 0.846. The number of hydrogen-bond donors (Lipinski definition) is 0. The van der Waals surface area contributed by atoms with Crippen LogP contribution in [0.15, 0.2) is 163 Å². The van der Waals surface area contributed by atoms with Gasteiger partial charge in [-0.1, -0.05) is 153 Å². The number of rotatable bonds is 9. The van der Waals surface area contributed by atoms with Crippen molar-refractivity contribution in [2.45, 2.75) is 31.6 Å². The topological polar surface area (TPSA) is 25.2 Å². The quantitative estimate of drug-likeness (QED) is 0.128. The van der Waals surface area contributed by atoms with Crippen molar-refractivity contribution in [2.75, 3.05) is 0 Å². The van der Waals surface area contributed by atoms with Gasteiger partial charge in [-0.05, 0) is 57.0 Å². The van der Waals surface area contributed by atoms with E-state index in [-0.39, 0.29) is 17.8 Å². The molecule has 1 heterocycles. The Balaban J connectivity index is 1.66. The van der Waals surface area contributed by atoms with E-state index in [9.17, 15) is 0 Å². The van der Waals surface area contributed by atoms with Crippen molar-refractivity contribution < 1.29 is 0 Å². The molecule has 5 aromatic carbocycles. The zero-order valence-corrected chi connectivity index (χ0v) is 24.7. The van der Waals surface area contributed by atoms with Gasteiger partial charge in [0.1, 0.15) is 0 Å². The Hall–Kier alpha value is -5.08. The van der Waals surface area contributed by atoms with Crippen molar-refractivity contribution >= 4 is 11.9 Å². The molecule has 6 rings (SSSR count). The Morgan fingerprint density at radius 3 is 1.37 bits per heavy atom. The van der Waals surface area contributed by atoms with Crippen LogP contribution in [0, 0.1) is 0 Å². The molecule has 0 saturated carbocycles. The van der Waals surface area contributed by atoms with Gasteiger partial charge in [-0.25, -0.2) is 0 Å². The predicted molar refractivity (Wildman–Crippen MR) is 180 cm³/mol. The molecule has 43 heavy (non-hydrogen) atoms. The fourth-order valence-corrected chi connectivity index (χ4v) is 5.97. The summed E-state index contributed by atoms with van der Waals surface area (Å²) in [6.07, 6.45) is 3.72. The number of pyridine rings is 1. The minimum atomic E-state index is 0.00271. The van der Waals surface area contributed by atoms with Crippen molar-refractivity contribution in [3.63, 3.8) is 0 Å². The molecule has 0 unspecified atom stereocenters. The van der Waals surface area contributed by atoms with Gasteiger partial charge in [0.05, 0.1) is 17.6 Å². The monoisotopic (exact) mass is 556 g/mol. The molecular weight excluding hydrogens is 520 g/mol. The first-order valence-corrected chi connectivity index (χ1v) is 15.0. The van der Waals surface area contributed by atoms with Crippen LogP contribution in [-0.4, -0.2) is 11.2 Å². The molecule has 0 N–H and O–H groups in total. The minimum Gasteiger partial charge on any atom is -0.255 e. The van der Waals surface area contributed by atoms with E-state index < -0.39 is 0 Å². The fourth-order valence-electron chi connectivity index (χ4n) is 5.97. The molecule has 0 bridgehead atoms. The molecule has 0 aliphatic heterocycles. The van der Waals surface area contributed by atoms with Gasteiger partial charge in [-0.3, -0.25) is 9.98 Å². The highest BCUT2D eigenvalue weighted by molar-refractivity contribution is 5.81. The van der Waals surface area contributed by atoms with Crippen molar-refractivity contribution in [1.29, 1.82) is 0 Å². The maximum absolute atomic E-state index is 5.23. The van der Waals surface area contributed by atoms with E-state index in [0.29, 0.717) is 0 Å². The third kappa shape index (κ3) is 6.39. The van der Waals surface area contributed by atoms with Crippen LogP contribution in [0.3, 0.4) is 0 Å². The summed E-state index contributed by atoms with van der Waals surface area (Å²) in [7, 11) is 0. The number of aliphatic imine (C=N–C) groups is 1. The van der Waals surface area contributed by atoms with Crippen LogP contribution in [0.25, 0.3) is 0 Å². The lowest BCUT2D eigenvalue weighted by Gasteiger charge is -2.27. The van der Waals surface area contributed by atoms with Crippen LogP contribution < -0.4 is 0 Å². The highest BCUT2D eigenvalue weighted by Crippen LogP contribution is 2.45. The van der Waals surface area contributed by atoms with E-state index >= 15 is 0 Å². The summed E-state index contributed by atoms with van der Waals surface area (Å²) in [6.45, 7) is 4.53. The molecule has 210 valence electrons. The summed E-state index contributed by atoms with van der Waals surface area (Å²) in [4.78, 5) is 9.76. The average Bonchev–Trinajstić information content (AvgIpc) is 3.07. The highest BCUT2D eigenvalue weighted by Gasteiger charge is 2.26. The second-order valence-electron chi connectivity index (χ2n) is 11.2. The average molecular weight is 557 g/mol. The van der Waals surface area contributed by atoms with Crippen LogP contribution >= 0.6 is 0 Å². The Morgan fingerprint density at radius 2 is 0.930 bits per heavy atom. The first-order valence-electron chi connectivity index (χ1n) is 15.0. The van der Waals surface area contributed by atoms with Crippen molar-refractivity contribution in [1.82, 2.24) is 4.98 Å². The van der Waals surface area contributed by atoms with Gasteiger partial charge in [0, 0.05) is 18.0 Å². The number of hydrogen-bond acceptors (Lipinski definition) is 2. The smallest absolute Gasteiger partial charge is 0.0812 e. The van der Waals surface area contributed by atoms with Gasteiger partial charge < -0.3 is 0 Å². The Labute approximate surface area is 255 Å². The van der Waals surface area contributed by atoms with Crippen LogP contribution in [0.1, 0.15) is 76.2 Å². The molecule has 1 aromatic heterocycles. The van der Waals surface area contributed by atoms with Gasteiger partial charge >= 0.3 is 0 Å². The lowest BCUT2D eigenvalue weighted by atomic mass is 9.77. The summed E-state index contributed by atoms with van der Waals surface area (Å²) in [5, 5.41) is 0. The molecule has 0 amide bonds. The van der Waals surface area contributed by atoms with E-state index in [1.807, 2.05) is 30.6 Å². The number of benzene rings is 5. The predicted octanol–water partition coefficient (Wildman–Crippen LogP) is 10.3. The van der Waals surface area contributed by atoms with Gasteiger partial charge in [0.15, 0.2) is 0 Å². The molecule has 0 atom stereocenters. The van der Waals surface area contributed by atoms with Gasteiger partial charge in [0.2, 0.25) is 0 Å². The molecule has 6 aromatic rings. The summed E-state index contributed by atoms with van der Waals surface area (Å²) >= 11 is 0. The number of nitrogens with zero attached hydrogens (tertiary/aromatic N) is 2. The first-order chi connectivity index (χ1) is 21.2. The fraction of sp³-hybridized carbons (Fsp3) is 0.122. The van der Waals surface area contributed by atoms with E-state index in [0.717, 1.165) is 11.4 Å². The van der Waals surface area contributed by atoms with Crippen molar-refractivity contribution in [2.24, 2.45) is 4.99 Å². The van der Waals surface area contributed by atoms with Crippen LogP contribution in [0.5, 0.6) is 0 Å². The van der Waals surface area contributed by atoms with E-state index in [1.54, 1.807) is 0 Å². The molecule has 0 aliphatic rings. The van der Waals surface area contributed by atoms with Gasteiger partial charge in [-0.15, -0.1) is 0 Å². The summed E-state index contributed by atoms with van der Waals surface area (Å²) in [5.41, 5.74) is 10.6. The molecule has 0 spiro atoms. The van der Waals surface area contributed by atoms with Crippen LogP contribution in [0.4, 0.5) is 5.69 Å². The Bertz CT molecular complexity index is 1680. The highest BCUT2D eigenvalue weighted by atomic mass is 14.8. The van der Waals surface area contributed by atoms with Crippen LogP contribution in [0.2, 0.25) is 0 Å². The summed E-state index contributed by atoms with van der Waals surface area (Å²) in [6, 6.07) is 54.1. The maximum atomic E-state index is 5.23. The normalized spacial score (nSPS) is 11.6. The molecular formula is C41H36N2. The second-order valence-corrected chi connectivity index (χ2v) is 11.2. The standard InChI is InChI=1S/C41H36N2/c1-30(2)37-27-35(39(31-17-7-3-8-18-31)32-19-9-4-10-20-32)28-38(41(37)43-29-36-25-15-16-26-42-36)40(33-21-11-5-12-22-33)34-23-13-6-14-24-34/h3-30,39-40H,1-2H3. The van der Waals surface area contributed by atoms with E-state index in [2.05, 4.69) is 152 Å². The zero-order valence-electron chi connectivity index (χ0n) is 24.7. The van der Waals surface area contributed by atoms with Crippen molar-refractivity contribution in [3.8, 4) is 0 Å². The summed E-state index contributed by atoms with van der Waals surface area (Å²) in [5.74, 6) is 0.344. The van der Waals surface area contributed by atoms with E-state index in [4.69, 9.17) is 4.99 Å². The Kier molecular flexibility index (Phi) is 8.66. The second kappa shape index (κ2) is 13.3. The Morgan fingerprint density at radius 1 is 0.488 bits per heavy atom. The largest absolute Gasteiger partial charge is 0.255 e. The number of aromatic nitrogens is 1. The van der Waals surface area contributed by atoms with Gasteiger partial charge in [0.25, 0.3) is 0 Å². The molecule has 0 saturated heterocycles. The molecule has 2 heteroatoms. The van der Waals surface area contributed by atoms with Gasteiger partial charge in [-0.2, -0.15) is 0 Å². The first kappa shape index (κ1) is 28.1. The molecule has 0 radical (unpaired) electrons. The third-order valence-electron chi connectivity index (χ3n) is 8.00. The summed E-state index contributed by atoms with van der Waals surface area (Å²) < 4.78 is 0. The van der Waals surface area contributed by atoms with E-state index in [1.165, 1.54) is 38.9 Å². The van der Waals surface area contributed by atoms with Crippen LogP contribution in [-0.2, 0) is 0 Å². The third-order valence-corrected chi connectivity index (χ3v) is 8.00. The molecule has 2 nitrogen and oxygen atoms in total. The molecule has 0 fully saturated rings. The zero-order chi connectivity index (χ0) is 29.4. The lowest BCUT2D eigenvalue weighted by Crippen LogP contribution is -2.10. The minimum absolute atomic E-state index is 0.00271.